The largest absolute Gasteiger partial charge is 0.353 e. The summed E-state index contributed by atoms with van der Waals surface area (Å²) in [5.41, 5.74) is 1.21. The summed E-state index contributed by atoms with van der Waals surface area (Å²) >= 11 is 3.16. The smallest absolute Gasteiger partial charge is 0.208 e. The second-order valence-corrected chi connectivity index (χ2v) is 7.11. The van der Waals surface area contributed by atoms with E-state index >= 15 is 0 Å². The Morgan fingerprint density at radius 2 is 2.19 bits per heavy atom. The van der Waals surface area contributed by atoms with Gasteiger partial charge in [0.1, 0.15) is 5.03 Å². The van der Waals surface area contributed by atoms with Crippen LogP contribution in [0.5, 0.6) is 0 Å². The SMILES string of the molecule is CCCNC(C)c1cccnc1Sc1nnc(N(C)C)s1. The van der Waals surface area contributed by atoms with Crippen molar-refractivity contribution in [1.29, 1.82) is 0 Å². The summed E-state index contributed by atoms with van der Waals surface area (Å²) < 4.78 is 0.918. The zero-order chi connectivity index (χ0) is 15.2. The standard InChI is InChI=1S/C14H21N5S2/c1-5-8-15-10(2)11-7-6-9-16-12(11)20-14-18-17-13(21-14)19(3)4/h6-7,9-10,15H,5,8H2,1-4H3. The molecule has 0 bridgehead atoms. The van der Waals surface area contributed by atoms with Crippen LogP contribution in [0.15, 0.2) is 27.7 Å². The van der Waals surface area contributed by atoms with Gasteiger partial charge in [-0.1, -0.05) is 24.3 Å². The number of nitrogens with zero attached hydrogens (tertiary/aromatic N) is 4. The van der Waals surface area contributed by atoms with Gasteiger partial charge in [-0.2, -0.15) is 0 Å². The minimum atomic E-state index is 0.280. The molecule has 0 saturated carbocycles. The second kappa shape index (κ2) is 7.72. The number of aromatic nitrogens is 3. The lowest BCUT2D eigenvalue weighted by molar-refractivity contribution is 0.560. The molecule has 2 aromatic rings. The van der Waals surface area contributed by atoms with Crippen LogP contribution in [-0.2, 0) is 0 Å². The van der Waals surface area contributed by atoms with Gasteiger partial charge in [-0.25, -0.2) is 4.98 Å². The van der Waals surface area contributed by atoms with Crippen LogP contribution in [0.1, 0.15) is 31.9 Å². The monoisotopic (exact) mass is 323 g/mol. The van der Waals surface area contributed by atoms with Crippen molar-refractivity contribution >= 4 is 28.2 Å². The van der Waals surface area contributed by atoms with Gasteiger partial charge in [0.15, 0.2) is 4.34 Å². The van der Waals surface area contributed by atoms with Crippen LogP contribution in [0.4, 0.5) is 5.13 Å². The maximum atomic E-state index is 4.51. The molecule has 1 N–H and O–H groups in total. The Balaban J connectivity index is 2.15. The quantitative estimate of drug-likeness (QED) is 0.844. The first-order valence-electron chi connectivity index (χ1n) is 6.98. The number of nitrogens with one attached hydrogen (secondary N) is 1. The summed E-state index contributed by atoms with van der Waals surface area (Å²) in [6.07, 6.45) is 2.95. The number of hydrogen-bond donors (Lipinski definition) is 1. The molecule has 2 heterocycles. The third-order valence-corrected chi connectivity index (χ3v) is 5.11. The summed E-state index contributed by atoms with van der Waals surface area (Å²) in [5, 5.41) is 13.8. The van der Waals surface area contributed by atoms with Crippen LogP contribution in [0.25, 0.3) is 0 Å². The molecule has 114 valence electrons. The van der Waals surface area contributed by atoms with Crippen LogP contribution in [0, 0.1) is 0 Å². The van der Waals surface area contributed by atoms with E-state index in [9.17, 15) is 0 Å². The molecule has 2 aromatic heterocycles. The first-order valence-corrected chi connectivity index (χ1v) is 8.62. The molecule has 1 unspecified atom stereocenters. The number of rotatable bonds is 7. The molecule has 0 aliphatic rings. The Kier molecular flexibility index (Phi) is 5.96. The predicted molar refractivity (Wildman–Crippen MR) is 89.3 cm³/mol. The van der Waals surface area contributed by atoms with Gasteiger partial charge < -0.3 is 10.2 Å². The molecule has 7 heteroatoms. The summed E-state index contributed by atoms with van der Waals surface area (Å²) in [6, 6.07) is 4.38. The molecule has 0 spiro atoms. The molecule has 0 fully saturated rings. The van der Waals surface area contributed by atoms with E-state index in [0.29, 0.717) is 0 Å². The number of hydrogen-bond acceptors (Lipinski definition) is 7. The number of anilines is 1. The van der Waals surface area contributed by atoms with Gasteiger partial charge in [0.2, 0.25) is 5.13 Å². The zero-order valence-electron chi connectivity index (χ0n) is 12.8. The minimum absolute atomic E-state index is 0.280. The van der Waals surface area contributed by atoms with E-state index in [1.807, 2.05) is 31.3 Å². The average Bonchev–Trinajstić information content (AvgIpc) is 2.94. The Bertz CT molecular complexity index is 570. The van der Waals surface area contributed by atoms with Crippen molar-refractivity contribution in [3.05, 3.63) is 23.9 Å². The molecule has 0 saturated heterocycles. The molecule has 21 heavy (non-hydrogen) atoms. The predicted octanol–water partition coefficient (Wildman–Crippen LogP) is 3.21. The highest BCUT2D eigenvalue weighted by atomic mass is 32.2. The fourth-order valence-corrected chi connectivity index (χ4v) is 3.65. The van der Waals surface area contributed by atoms with Crippen LogP contribution >= 0.6 is 23.1 Å². The molecule has 0 aliphatic heterocycles. The minimum Gasteiger partial charge on any atom is -0.353 e. The van der Waals surface area contributed by atoms with E-state index in [-0.39, 0.29) is 6.04 Å². The fourth-order valence-electron chi connectivity index (χ4n) is 1.80. The van der Waals surface area contributed by atoms with E-state index in [0.717, 1.165) is 27.5 Å². The van der Waals surface area contributed by atoms with Gasteiger partial charge >= 0.3 is 0 Å². The average molecular weight is 323 g/mol. The van der Waals surface area contributed by atoms with E-state index < -0.39 is 0 Å². The van der Waals surface area contributed by atoms with Crippen molar-refractivity contribution < 1.29 is 0 Å². The number of pyridine rings is 1. The Labute approximate surface area is 134 Å². The molecule has 5 nitrogen and oxygen atoms in total. The zero-order valence-corrected chi connectivity index (χ0v) is 14.5. The van der Waals surface area contributed by atoms with Gasteiger partial charge in [-0.05, 0) is 37.7 Å². The summed E-state index contributed by atoms with van der Waals surface area (Å²) in [6.45, 7) is 5.34. The van der Waals surface area contributed by atoms with Crippen molar-refractivity contribution in [3.63, 3.8) is 0 Å². The van der Waals surface area contributed by atoms with Crippen LogP contribution in [0.2, 0.25) is 0 Å². The summed E-state index contributed by atoms with van der Waals surface area (Å²) in [7, 11) is 3.94. The lowest BCUT2D eigenvalue weighted by Gasteiger charge is -2.15. The molecule has 1 atom stereocenters. The molecular formula is C14H21N5S2. The van der Waals surface area contributed by atoms with Crippen LogP contribution in [0.3, 0.4) is 0 Å². The highest BCUT2D eigenvalue weighted by Crippen LogP contribution is 2.34. The van der Waals surface area contributed by atoms with E-state index in [1.165, 1.54) is 5.56 Å². The van der Waals surface area contributed by atoms with Crippen molar-refractivity contribution in [1.82, 2.24) is 20.5 Å². The van der Waals surface area contributed by atoms with Crippen LogP contribution in [-0.4, -0.2) is 35.8 Å². The summed E-state index contributed by atoms with van der Waals surface area (Å²) in [5.74, 6) is 0. The second-order valence-electron chi connectivity index (χ2n) is 4.92. The lowest BCUT2D eigenvalue weighted by atomic mass is 10.1. The van der Waals surface area contributed by atoms with Gasteiger partial charge in [0, 0.05) is 31.9 Å². The summed E-state index contributed by atoms with van der Waals surface area (Å²) in [4.78, 5) is 6.47. The molecule has 2 rings (SSSR count). The van der Waals surface area contributed by atoms with Gasteiger partial charge in [0.05, 0.1) is 0 Å². The van der Waals surface area contributed by atoms with Crippen LogP contribution < -0.4 is 10.2 Å². The lowest BCUT2D eigenvalue weighted by Crippen LogP contribution is -2.20. The van der Waals surface area contributed by atoms with Crippen molar-refractivity contribution in [2.75, 3.05) is 25.5 Å². The van der Waals surface area contributed by atoms with Gasteiger partial charge in [-0.15, -0.1) is 10.2 Å². The molecule has 0 aromatic carbocycles. The van der Waals surface area contributed by atoms with E-state index in [2.05, 4.69) is 40.4 Å². The first-order chi connectivity index (χ1) is 10.1. The van der Waals surface area contributed by atoms with E-state index in [1.54, 1.807) is 23.1 Å². The maximum Gasteiger partial charge on any atom is 0.208 e. The molecular weight excluding hydrogens is 302 g/mol. The maximum absolute atomic E-state index is 4.51. The van der Waals surface area contributed by atoms with Crippen molar-refractivity contribution in [2.24, 2.45) is 0 Å². The third kappa shape index (κ3) is 4.39. The van der Waals surface area contributed by atoms with Crippen molar-refractivity contribution in [2.45, 2.75) is 35.7 Å². The van der Waals surface area contributed by atoms with Gasteiger partial charge in [0.25, 0.3) is 0 Å². The Morgan fingerprint density at radius 1 is 1.38 bits per heavy atom. The fraction of sp³-hybridized carbons (Fsp3) is 0.500. The van der Waals surface area contributed by atoms with E-state index in [4.69, 9.17) is 0 Å². The third-order valence-electron chi connectivity index (χ3n) is 2.93. The highest BCUT2D eigenvalue weighted by Gasteiger charge is 2.14. The topological polar surface area (TPSA) is 53.9 Å². The Morgan fingerprint density at radius 3 is 2.86 bits per heavy atom. The van der Waals surface area contributed by atoms with Crippen molar-refractivity contribution in [3.8, 4) is 0 Å². The molecule has 0 aliphatic carbocycles. The first kappa shape index (κ1) is 16.2. The highest BCUT2D eigenvalue weighted by molar-refractivity contribution is 8.01. The van der Waals surface area contributed by atoms with Gasteiger partial charge in [-0.3, -0.25) is 0 Å². The molecule has 0 radical (unpaired) electrons. The Hall–Kier alpha value is -1.18. The molecule has 0 amide bonds. The normalized spacial score (nSPS) is 12.4.